The first-order chi connectivity index (χ1) is 15.1. The molecule has 1 aromatic heterocycles. The van der Waals surface area contributed by atoms with E-state index < -0.39 is 21.6 Å². The van der Waals surface area contributed by atoms with Crippen LogP contribution in [-0.4, -0.2) is 22.6 Å². The van der Waals surface area contributed by atoms with Crippen molar-refractivity contribution in [3.63, 3.8) is 0 Å². The summed E-state index contributed by atoms with van der Waals surface area (Å²) in [7, 11) is -4.54. The summed E-state index contributed by atoms with van der Waals surface area (Å²) in [6, 6.07) is 9.60. The van der Waals surface area contributed by atoms with Crippen LogP contribution in [0.2, 0.25) is 0 Å². The normalized spacial score (nSPS) is 11.8. The first-order valence-corrected chi connectivity index (χ1v) is 11.3. The Morgan fingerprint density at radius 2 is 1.88 bits per heavy atom. The number of pyridine rings is 1. The van der Waals surface area contributed by atoms with E-state index in [0.29, 0.717) is 11.8 Å². The summed E-state index contributed by atoms with van der Waals surface area (Å²) in [4.78, 5) is 12.6. The fourth-order valence-electron chi connectivity index (χ4n) is 3.48. The fraction of sp³-hybridized carbons (Fsp3) is 0.273. The van der Waals surface area contributed by atoms with Gasteiger partial charge in [0.15, 0.2) is 5.69 Å². The summed E-state index contributed by atoms with van der Waals surface area (Å²) in [6.07, 6.45) is 1.38. The van der Waals surface area contributed by atoms with Gasteiger partial charge in [0.25, 0.3) is 15.7 Å². The Hall–Kier alpha value is -3.55. The van der Waals surface area contributed by atoms with Crippen LogP contribution in [0, 0.1) is 25.2 Å². The third kappa shape index (κ3) is 4.12. The van der Waals surface area contributed by atoms with Gasteiger partial charge in [-0.1, -0.05) is 31.5 Å². The first-order valence-electron chi connectivity index (χ1n) is 9.89. The average molecular weight is 455 g/mol. The molecule has 0 amide bonds. The third-order valence-electron chi connectivity index (χ3n) is 5.24. The standard InChI is InChI=1S/C22H22N4O5S/c1-4-5-11-26-21(27)16(12-23)14(3)20(22(26)28)25-24-17-10-9-13(2)15-7-6-8-18(19(15)17)32(29,30)31/h6-10,27H,4-5,11H2,1-3H3,(H,29,30,31). The van der Waals surface area contributed by atoms with Crippen molar-refractivity contribution in [2.75, 3.05) is 0 Å². The molecule has 0 fully saturated rings. The molecule has 0 bridgehead atoms. The molecule has 1 heterocycles. The Balaban J connectivity index is 2.29. The van der Waals surface area contributed by atoms with E-state index in [1.165, 1.54) is 25.1 Å². The summed E-state index contributed by atoms with van der Waals surface area (Å²) in [6.45, 7) is 5.40. The summed E-state index contributed by atoms with van der Waals surface area (Å²) in [5, 5.41) is 28.7. The molecule has 0 atom stereocenters. The van der Waals surface area contributed by atoms with Crippen molar-refractivity contribution in [2.45, 2.75) is 45.1 Å². The smallest absolute Gasteiger partial charge is 0.295 e. The molecule has 0 aliphatic carbocycles. The number of aryl methyl sites for hydroxylation is 1. The second kappa shape index (κ2) is 8.90. The van der Waals surface area contributed by atoms with Crippen LogP contribution < -0.4 is 5.56 Å². The van der Waals surface area contributed by atoms with E-state index in [0.717, 1.165) is 16.6 Å². The molecule has 0 spiro atoms. The minimum atomic E-state index is -4.54. The number of hydrogen-bond donors (Lipinski definition) is 2. The molecule has 3 aromatic rings. The number of unbranched alkanes of at least 4 members (excludes halogenated alkanes) is 1. The highest BCUT2D eigenvalue weighted by atomic mass is 32.2. The number of aromatic nitrogens is 1. The molecule has 3 rings (SSSR count). The van der Waals surface area contributed by atoms with Crippen molar-refractivity contribution in [1.82, 2.24) is 4.57 Å². The minimum absolute atomic E-state index is 0.0814. The van der Waals surface area contributed by atoms with Crippen LogP contribution in [0.1, 0.15) is 36.5 Å². The lowest BCUT2D eigenvalue weighted by atomic mass is 10.0. The number of benzene rings is 2. The average Bonchev–Trinajstić information content (AvgIpc) is 2.74. The van der Waals surface area contributed by atoms with Crippen LogP contribution in [0.4, 0.5) is 11.4 Å². The lowest BCUT2D eigenvalue weighted by Crippen LogP contribution is -2.22. The zero-order chi connectivity index (χ0) is 23.6. The number of nitriles is 1. The molecule has 9 nitrogen and oxygen atoms in total. The number of aromatic hydroxyl groups is 1. The summed E-state index contributed by atoms with van der Waals surface area (Å²) in [5.41, 5.74) is 0.236. The van der Waals surface area contributed by atoms with Crippen LogP contribution in [0.3, 0.4) is 0 Å². The van der Waals surface area contributed by atoms with Crippen LogP contribution in [0.15, 0.2) is 50.3 Å². The molecule has 0 aliphatic heterocycles. The van der Waals surface area contributed by atoms with Gasteiger partial charge in [-0.2, -0.15) is 13.7 Å². The molecule has 32 heavy (non-hydrogen) atoms. The van der Waals surface area contributed by atoms with Crippen LogP contribution in [0.5, 0.6) is 5.88 Å². The van der Waals surface area contributed by atoms with Crippen molar-refractivity contribution < 1.29 is 18.1 Å². The maximum atomic E-state index is 13.0. The highest BCUT2D eigenvalue weighted by Gasteiger charge is 2.20. The molecule has 0 saturated carbocycles. The first kappa shape index (κ1) is 23.1. The van der Waals surface area contributed by atoms with Gasteiger partial charge in [0.2, 0.25) is 5.88 Å². The molecule has 0 aliphatic rings. The molecule has 0 radical (unpaired) electrons. The van der Waals surface area contributed by atoms with E-state index in [9.17, 15) is 28.1 Å². The monoisotopic (exact) mass is 454 g/mol. The van der Waals surface area contributed by atoms with Crippen LogP contribution >= 0.6 is 0 Å². The fourth-order valence-corrected chi connectivity index (χ4v) is 4.21. The van der Waals surface area contributed by atoms with Crippen LogP contribution in [-0.2, 0) is 16.7 Å². The number of azo groups is 1. The zero-order valence-corrected chi connectivity index (χ0v) is 18.6. The van der Waals surface area contributed by atoms with E-state index >= 15 is 0 Å². The number of hydrogen-bond acceptors (Lipinski definition) is 7. The van der Waals surface area contributed by atoms with Gasteiger partial charge in [-0.3, -0.25) is 13.9 Å². The maximum absolute atomic E-state index is 13.0. The molecule has 2 aromatic carbocycles. The minimum Gasteiger partial charge on any atom is -0.493 e. The number of nitrogens with zero attached hydrogens (tertiary/aromatic N) is 4. The lowest BCUT2D eigenvalue weighted by molar-refractivity contribution is 0.399. The number of rotatable bonds is 6. The van der Waals surface area contributed by atoms with Gasteiger partial charge < -0.3 is 5.11 Å². The molecule has 0 saturated heterocycles. The maximum Gasteiger partial charge on any atom is 0.295 e. The van der Waals surface area contributed by atoms with Crippen molar-refractivity contribution in [3.05, 3.63) is 57.4 Å². The molecule has 2 N–H and O–H groups in total. The Bertz CT molecular complexity index is 1450. The summed E-state index contributed by atoms with van der Waals surface area (Å²) in [5.74, 6) is -0.420. The van der Waals surface area contributed by atoms with E-state index in [1.54, 1.807) is 19.1 Å². The third-order valence-corrected chi connectivity index (χ3v) is 6.13. The molecule has 166 valence electrons. The van der Waals surface area contributed by atoms with Gasteiger partial charge in [-0.25, -0.2) is 0 Å². The van der Waals surface area contributed by atoms with E-state index in [1.807, 2.05) is 13.0 Å². The molecular weight excluding hydrogens is 432 g/mol. The summed E-state index contributed by atoms with van der Waals surface area (Å²) < 4.78 is 34.6. The Morgan fingerprint density at radius 3 is 2.50 bits per heavy atom. The van der Waals surface area contributed by atoms with Crippen molar-refractivity contribution in [2.24, 2.45) is 10.2 Å². The van der Waals surface area contributed by atoms with E-state index in [-0.39, 0.29) is 39.3 Å². The summed E-state index contributed by atoms with van der Waals surface area (Å²) >= 11 is 0. The Kier molecular flexibility index (Phi) is 6.43. The Labute approximate surface area is 185 Å². The van der Waals surface area contributed by atoms with Crippen molar-refractivity contribution in [3.8, 4) is 11.9 Å². The highest BCUT2D eigenvalue weighted by molar-refractivity contribution is 7.86. The van der Waals surface area contributed by atoms with Crippen LogP contribution in [0.25, 0.3) is 10.8 Å². The molecule has 0 unspecified atom stereocenters. The molecular formula is C22H22N4O5S. The van der Waals surface area contributed by atoms with E-state index in [4.69, 9.17) is 0 Å². The van der Waals surface area contributed by atoms with Gasteiger partial charge in [0, 0.05) is 17.5 Å². The topological polar surface area (TPSA) is 145 Å². The lowest BCUT2D eigenvalue weighted by Gasteiger charge is -2.12. The zero-order valence-electron chi connectivity index (χ0n) is 17.8. The second-order valence-electron chi connectivity index (χ2n) is 7.35. The largest absolute Gasteiger partial charge is 0.493 e. The highest BCUT2D eigenvalue weighted by Crippen LogP contribution is 2.35. The quantitative estimate of drug-likeness (QED) is 0.409. The van der Waals surface area contributed by atoms with Crippen molar-refractivity contribution in [1.29, 1.82) is 5.26 Å². The van der Waals surface area contributed by atoms with Gasteiger partial charge in [0.1, 0.15) is 16.5 Å². The second-order valence-corrected chi connectivity index (χ2v) is 8.74. The van der Waals surface area contributed by atoms with Gasteiger partial charge in [-0.15, -0.1) is 10.2 Å². The Morgan fingerprint density at radius 1 is 1.16 bits per heavy atom. The predicted molar refractivity (Wildman–Crippen MR) is 119 cm³/mol. The van der Waals surface area contributed by atoms with Gasteiger partial charge in [0.05, 0.1) is 5.69 Å². The van der Waals surface area contributed by atoms with Crippen molar-refractivity contribution >= 4 is 32.3 Å². The van der Waals surface area contributed by atoms with E-state index in [2.05, 4.69) is 10.2 Å². The van der Waals surface area contributed by atoms with Gasteiger partial charge in [-0.05, 0) is 43.4 Å². The predicted octanol–water partition coefficient (Wildman–Crippen LogP) is 4.66. The SMILES string of the molecule is CCCCn1c(O)c(C#N)c(C)c(N=Nc2ccc(C)c3cccc(S(=O)(=O)O)c23)c1=O. The molecule has 10 heteroatoms. The van der Waals surface area contributed by atoms with Gasteiger partial charge >= 0.3 is 0 Å². The number of fused-ring (bicyclic) bond motifs is 1.